The SMILES string of the molecule is COc1ccc2c(c1)c(Cl)c(C#N)n2-c1ccc(CN)cc1. The minimum absolute atomic E-state index is 0.408. The van der Waals surface area contributed by atoms with Crippen molar-refractivity contribution in [3.63, 3.8) is 0 Å². The number of halogens is 1. The zero-order valence-electron chi connectivity index (χ0n) is 12.0. The van der Waals surface area contributed by atoms with Crippen molar-refractivity contribution in [3.8, 4) is 17.5 Å². The van der Waals surface area contributed by atoms with Crippen molar-refractivity contribution >= 4 is 22.5 Å². The lowest BCUT2D eigenvalue weighted by molar-refractivity contribution is 0.415. The molecule has 0 saturated carbocycles. The highest BCUT2D eigenvalue weighted by Crippen LogP contribution is 2.35. The second-order valence-corrected chi connectivity index (χ2v) is 5.24. The Bertz CT molecular complexity index is 876. The Morgan fingerprint density at radius 1 is 1.23 bits per heavy atom. The summed E-state index contributed by atoms with van der Waals surface area (Å²) in [4.78, 5) is 0. The first-order valence-electron chi connectivity index (χ1n) is 6.77. The van der Waals surface area contributed by atoms with Crippen LogP contribution in [0, 0.1) is 11.3 Å². The molecule has 0 saturated heterocycles. The van der Waals surface area contributed by atoms with Gasteiger partial charge in [-0.1, -0.05) is 23.7 Å². The summed E-state index contributed by atoms with van der Waals surface area (Å²) in [6, 6.07) is 15.5. The number of fused-ring (bicyclic) bond motifs is 1. The van der Waals surface area contributed by atoms with Crippen LogP contribution in [0.5, 0.6) is 5.75 Å². The van der Waals surface area contributed by atoms with Crippen molar-refractivity contribution in [2.24, 2.45) is 5.73 Å². The normalized spacial score (nSPS) is 10.6. The highest BCUT2D eigenvalue weighted by molar-refractivity contribution is 6.37. The van der Waals surface area contributed by atoms with Gasteiger partial charge in [-0.05, 0) is 35.9 Å². The van der Waals surface area contributed by atoms with Crippen LogP contribution < -0.4 is 10.5 Å². The van der Waals surface area contributed by atoms with E-state index in [0.29, 0.717) is 23.0 Å². The molecular weight excluding hydrogens is 298 g/mol. The maximum atomic E-state index is 9.48. The molecule has 2 aromatic carbocycles. The van der Waals surface area contributed by atoms with Gasteiger partial charge in [0.2, 0.25) is 0 Å². The van der Waals surface area contributed by atoms with Crippen LogP contribution in [-0.4, -0.2) is 11.7 Å². The van der Waals surface area contributed by atoms with E-state index in [1.165, 1.54) is 0 Å². The Labute approximate surface area is 133 Å². The molecule has 0 bridgehead atoms. The van der Waals surface area contributed by atoms with E-state index in [9.17, 15) is 5.26 Å². The third kappa shape index (κ3) is 2.21. The molecule has 5 heteroatoms. The highest BCUT2D eigenvalue weighted by Gasteiger charge is 2.17. The smallest absolute Gasteiger partial charge is 0.144 e. The molecule has 3 rings (SSSR count). The lowest BCUT2D eigenvalue weighted by Gasteiger charge is -2.08. The van der Waals surface area contributed by atoms with Crippen molar-refractivity contribution in [3.05, 3.63) is 58.7 Å². The van der Waals surface area contributed by atoms with Crippen LogP contribution in [0.1, 0.15) is 11.3 Å². The van der Waals surface area contributed by atoms with Crippen molar-refractivity contribution in [1.29, 1.82) is 5.26 Å². The van der Waals surface area contributed by atoms with E-state index in [0.717, 1.165) is 22.2 Å². The molecule has 0 aliphatic heterocycles. The molecule has 0 spiro atoms. The average Bonchev–Trinajstić information content (AvgIpc) is 2.86. The predicted molar refractivity (Wildman–Crippen MR) is 87.4 cm³/mol. The second-order valence-electron chi connectivity index (χ2n) is 4.86. The van der Waals surface area contributed by atoms with Crippen LogP contribution in [0.25, 0.3) is 16.6 Å². The van der Waals surface area contributed by atoms with Gasteiger partial charge in [-0.25, -0.2) is 0 Å². The fraction of sp³-hybridized carbons (Fsp3) is 0.118. The van der Waals surface area contributed by atoms with Gasteiger partial charge in [0, 0.05) is 17.6 Å². The number of benzene rings is 2. The molecule has 0 radical (unpaired) electrons. The van der Waals surface area contributed by atoms with Crippen LogP contribution in [-0.2, 0) is 6.54 Å². The van der Waals surface area contributed by atoms with Gasteiger partial charge in [0.25, 0.3) is 0 Å². The number of nitrogens with two attached hydrogens (primary N) is 1. The molecular formula is C17H14ClN3O. The van der Waals surface area contributed by atoms with Crippen LogP contribution in [0.4, 0.5) is 0 Å². The molecule has 0 aliphatic rings. The van der Waals surface area contributed by atoms with Gasteiger partial charge in [-0.3, -0.25) is 4.57 Å². The Hall–Kier alpha value is -2.48. The Kier molecular flexibility index (Phi) is 3.76. The molecule has 0 aliphatic carbocycles. The standard InChI is InChI=1S/C17H14ClN3O/c1-22-13-6-7-15-14(8-13)17(18)16(10-20)21(15)12-4-2-11(9-19)3-5-12/h2-8H,9,19H2,1H3. The summed E-state index contributed by atoms with van der Waals surface area (Å²) in [5.74, 6) is 0.703. The zero-order chi connectivity index (χ0) is 15.7. The number of rotatable bonds is 3. The van der Waals surface area contributed by atoms with Crippen LogP contribution >= 0.6 is 11.6 Å². The van der Waals surface area contributed by atoms with E-state index in [-0.39, 0.29) is 0 Å². The number of ether oxygens (including phenoxy) is 1. The van der Waals surface area contributed by atoms with Gasteiger partial charge < -0.3 is 10.5 Å². The molecule has 110 valence electrons. The third-order valence-electron chi connectivity index (χ3n) is 3.65. The van der Waals surface area contributed by atoms with Gasteiger partial charge in [0.1, 0.15) is 17.5 Å². The number of hydrogen-bond acceptors (Lipinski definition) is 3. The van der Waals surface area contributed by atoms with Gasteiger partial charge in [-0.2, -0.15) is 5.26 Å². The second kappa shape index (κ2) is 5.72. The third-order valence-corrected chi connectivity index (χ3v) is 4.03. The first-order valence-corrected chi connectivity index (χ1v) is 7.14. The van der Waals surface area contributed by atoms with Crippen molar-refractivity contribution in [2.45, 2.75) is 6.54 Å². The summed E-state index contributed by atoms with van der Waals surface area (Å²) < 4.78 is 7.08. The van der Waals surface area contributed by atoms with E-state index < -0.39 is 0 Å². The summed E-state index contributed by atoms with van der Waals surface area (Å²) in [7, 11) is 1.60. The molecule has 0 atom stereocenters. The Morgan fingerprint density at radius 3 is 2.55 bits per heavy atom. The van der Waals surface area contributed by atoms with Crippen molar-refractivity contribution < 1.29 is 4.74 Å². The fourth-order valence-electron chi connectivity index (χ4n) is 2.51. The number of nitriles is 1. The van der Waals surface area contributed by atoms with E-state index >= 15 is 0 Å². The van der Waals surface area contributed by atoms with E-state index in [2.05, 4.69) is 6.07 Å². The Morgan fingerprint density at radius 2 is 1.95 bits per heavy atom. The molecule has 1 aromatic heterocycles. The molecule has 0 unspecified atom stereocenters. The minimum Gasteiger partial charge on any atom is -0.497 e. The molecule has 2 N–H and O–H groups in total. The summed E-state index contributed by atoms with van der Waals surface area (Å²) in [5, 5.41) is 10.7. The van der Waals surface area contributed by atoms with Gasteiger partial charge >= 0.3 is 0 Å². The Balaban J connectivity index is 2.29. The fourth-order valence-corrected chi connectivity index (χ4v) is 2.79. The van der Waals surface area contributed by atoms with Gasteiger partial charge in [0.05, 0.1) is 17.6 Å². The summed E-state index contributed by atoms with van der Waals surface area (Å²) in [6.07, 6.45) is 0. The zero-order valence-corrected chi connectivity index (χ0v) is 12.8. The molecule has 0 amide bonds. The highest BCUT2D eigenvalue weighted by atomic mass is 35.5. The van der Waals surface area contributed by atoms with E-state index in [1.807, 2.05) is 47.0 Å². The lowest BCUT2D eigenvalue weighted by atomic mass is 10.2. The first-order chi connectivity index (χ1) is 10.7. The topological polar surface area (TPSA) is 64.0 Å². The van der Waals surface area contributed by atoms with Gasteiger partial charge in [0.15, 0.2) is 0 Å². The number of aromatic nitrogens is 1. The molecule has 22 heavy (non-hydrogen) atoms. The van der Waals surface area contributed by atoms with Crippen LogP contribution in [0.15, 0.2) is 42.5 Å². The van der Waals surface area contributed by atoms with E-state index in [1.54, 1.807) is 7.11 Å². The van der Waals surface area contributed by atoms with E-state index in [4.69, 9.17) is 22.1 Å². The predicted octanol–water partition coefficient (Wildman–Crippen LogP) is 3.62. The minimum atomic E-state index is 0.408. The molecule has 0 fully saturated rings. The van der Waals surface area contributed by atoms with Gasteiger partial charge in [-0.15, -0.1) is 0 Å². The number of nitrogens with zero attached hydrogens (tertiary/aromatic N) is 2. The number of methoxy groups -OCH3 is 1. The maximum Gasteiger partial charge on any atom is 0.144 e. The largest absolute Gasteiger partial charge is 0.497 e. The molecule has 1 heterocycles. The average molecular weight is 312 g/mol. The lowest BCUT2D eigenvalue weighted by Crippen LogP contribution is -1.99. The first kappa shape index (κ1) is 14.5. The molecule has 3 aromatic rings. The van der Waals surface area contributed by atoms with Crippen molar-refractivity contribution in [2.75, 3.05) is 7.11 Å². The molecule has 4 nitrogen and oxygen atoms in total. The number of hydrogen-bond donors (Lipinski definition) is 1. The summed E-state index contributed by atoms with van der Waals surface area (Å²) in [6.45, 7) is 0.482. The van der Waals surface area contributed by atoms with Crippen molar-refractivity contribution in [1.82, 2.24) is 4.57 Å². The monoisotopic (exact) mass is 311 g/mol. The van der Waals surface area contributed by atoms with Crippen LogP contribution in [0.3, 0.4) is 0 Å². The summed E-state index contributed by atoms with van der Waals surface area (Å²) in [5.41, 5.74) is 8.80. The summed E-state index contributed by atoms with van der Waals surface area (Å²) >= 11 is 6.38. The maximum absolute atomic E-state index is 9.48. The van der Waals surface area contributed by atoms with Crippen LogP contribution in [0.2, 0.25) is 5.02 Å². The quantitative estimate of drug-likeness (QED) is 0.803.